The van der Waals surface area contributed by atoms with E-state index in [0.29, 0.717) is 0 Å². The summed E-state index contributed by atoms with van der Waals surface area (Å²) in [7, 11) is 0. The van der Waals surface area contributed by atoms with Crippen LogP contribution in [0, 0.1) is 0 Å². The van der Waals surface area contributed by atoms with E-state index in [1.54, 1.807) is 0 Å². The van der Waals surface area contributed by atoms with Crippen LogP contribution >= 0.6 is 0 Å². The first-order chi connectivity index (χ1) is 12.3. The van der Waals surface area contributed by atoms with Gasteiger partial charge in [0.2, 0.25) is 23.4 Å². The summed E-state index contributed by atoms with van der Waals surface area (Å²) in [6, 6.07) is 0. The summed E-state index contributed by atoms with van der Waals surface area (Å²) >= 11 is 0. The lowest BCUT2D eigenvalue weighted by Gasteiger charge is -2.53. The number of nitrogens with one attached hydrogen (secondary N) is 1. The number of carbonyl (C=O) groups is 4. The maximum atomic E-state index is 12.2. The number of hydrogen-bond donors (Lipinski definition) is 5. The van der Waals surface area contributed by atoms with Crippen LogP contribution in [0.1, 0.15) is 31.3 Å². The van der Waals surface area contributed by atoms with Gasteiger partial charge in [0.15, 0.2) is 28.6 Å². The van der Waals surface area contributed by atoms with Gasteiger partial charge >= 0.3 is 0 Å². The lowest BCUT2D eigenvalue weighted by atomic mass is 9.63. The van der Waals surface area contributed by atoms with Gasteiger partial charge in [-0.2, -0.15) is 0 Å². The summed E-state index contributed by atoms with van der Waals surface area (Å²) in [5, 5.41) is 32.5. The molecule has 6 N–H and O–H groups in total. The van der Waals surface area contributed by atoms with Crippen molar-refractivity contribution in [3.63, 3.8) is 0 Å². The summed E-state index contributed by atoms with van der Waals surface area (Å²) < 4.78 is 10.3. The lowest BCUT2D eigenvalue weighted by Crippen LogP contribution is -2.84. The van der Waals surface area contributed by atoms with Crippen LogP contribution < -0.4 is 10.5 Å². The van der Waals surface area contributed by atoms with Crippen LogP contribution in [0.25, 0.3) is 0 Å². The Hall–Kier alpha value is -2.67. The van der Waals surface area contributed by atoms with E-state index < -0.39 is 58.8 Å². The van der Waals surface area contributed by atoms with Crippen LogP contribution in [0.5, 0.6) is 5.88 Å². The summed E-state index contributed by atoms with van der Waals surface area (Å²) in [5.74, 6) is -5.15. The zero-order chi connectivity index (χ0) is 20.8. The normalized spacial score (nSPS) is 33.3. The third kappa shape index (κ3) is 2.65. The molecular formula is C15H19N3O9. The Bertz CT molecular complexity index is 821. The van der Waals surface area contributed by atoms with Crippen molar-refractivity contribution in [1.82, 2.24) is 9.97 Å². The molecule has 1 aromatic heterocycles. The van der Waals surface area contributed by atoms with E-state index >= 15 is 0 Å². The molecule has 0 spiro atoms. The number of ketones is 3. The topological polar surface area (TPSA) is 202 Å². The van der Waals surface area contributed by atoms with Gasteiger partial charge in [-0.25, -0.2) is 4.98 Å². The largest absolute Gasteiger partial charge is 0.442 e. The number of H-pyrrole nitrogens is 1. The molecule has 12 heteroatoms. The van der Waals surface area contributed by atoms with Gasteiger partial charge in [-0.15, -0.1) is 0 Å². The number of ether oxygens (including phenoxy) is 2. The monoisotopic (exact) mass is 385 g/mol. The standard InChI is InChI=1S/C15H19N3O9/c1-6(19)13(23)4-26-12(27-11-9(10(16)22)17-5-18-11)14(24,7(2)20)15(13,25)8(3)21/h5,12,23-25H,4H2,1-3H3,(H2,16,22)(H,17,18)/t12-,13-,14-,15+/m0/s1. The highest BCUT2D eigenvalue weighted by atomic mass is 16.7. The second-order valence-electron chi connectivity index (χ2n) is 6.21. The van der Waals surface area contributed by atoms with Crippen molar-refractivity contribution in [2.24, 2.45) is 5.73 Å². The van der Waals surface area contributed by atoms with Crippen LogP contribution in [0.3, 0.4) is 0 Å². The number of imidazole rings is 1. The highest BCUT2D eigenvalue weighted by Gasteiger charge is 2.76. The number of nitrogens with zero attached hydrogens (tertiary/aromatic N) is 1. The quantitative estimate of drug-likeness (QED) is 0.340. The van der Waals surface area contributed by atoms with E-state index in [0.717, 1.165) is 27.1 Å². The molecule has 2 rings (SSSR count). The Morgan fingerprint density at radius 2 is 1.78 bits per heavy atom. The smallest absolute Gasteiger partial charge is 0.270 e. The van der Waals surface area contributed by atoms with Crippen LogP contribution in [0.15, 0.2) is 6.33 Å². The molecule has 0 saturated carbocycles. The SMILES string of the molecule is CC(=O)[C@@]1(O)[C@@](O)(C(C)=O)CO[C@@H](Oc2nc[nH]c2C(N)=O)[C@@]1(O)C(C)=O. The Labute approximate surface area is 152 Å². The van der Waals surface area contributed by atoms with Crippen LogP contribution in [-0.4, -0.2) is 78.2 Å². The van der Waals surface area contributed by atoms with Crippen LogP contribution in [0.4, 0.5) is 0 Å². The van der Waals surface area contributed by atoms with Gasteiger partial charge < -0.3 is 35.5 Å². The molecule has 27 heavy (non-hydrogen) atoms. The number of aromatic nitrogens is 2. The van der Waals surface area contributed by atoms with Crippen molar-refractivity contribution < 1.29 is 44.0 Å². The van der Waals surface area contributed by atoms with Crippen LogP contribution in [-0.2, 0) is 19.1 Å². The molecule has 0 radical (unpaired) electrons. The third-order valence-electron chi connectivity index (χ3n) is 4.63. The van der Waals surface area contributed by atoms with Crippen molar-refractivity contribution in [2.75, 3.05) is 6.61 Å². The predicted octanol–water partition coefficient (Wildman–Crippen LogP) is -2.80. The van der Waals surface area contributed by atoms with E-state index in [1.165, 1.54) is 0 Å². The molecule has 12 nitrogen and oxygen atoms in total. The van der Waals surface area contributed by atoms with Gasteiger partial charge in [-0.1, -0.05) is 0 Å². The fourth-order valence-corrected chi connectivity index (χ4v) is 3.01. The van der Waals surface area contributed by atoms with Crippen LogP contribution in [0.2, 0.25) is 0 Å². The minimum absolute atomic E-state index is 0.344. The number of carbonyl (C=O) groups excluding carboxylic acids is 4. The Morgan fingerprint density at radius 3 is 2.22 bits per heavy atom. The molecule has 2 heterocycles. The number of hydrogen-bond acceptors (Lipinski definition) is 10. The molecule has 148 valence electrons. The van der Waals surface area contributed by atoms with Crippen molar-refractivity contribution >= 4 is 23.3 Å². The molecule has 1 fully saturated rings. The summed E-state index contributed by atoms with van der Waals surface area (Å²) in [5.41, 5.74) is -4.67. The number of nitrogens with two attached hydrogens (primary N) is 1. The molecule has 0 unspecified atom stereocenters. The van der Waals surface area contributed by atoms with E-state index in [1.807, 2.05) is 0 Å². The van der Waals surface area contributed by atoms with Crippen molar-refractivity contribution in [1.29, 1.82) is 0 Å². The first-order valence-corrected chi connectivity index (χ1v) is 7.65. The molecule has 4 atom stereocenters. The number of amides is 1. The highest BCUT2D eigenvalue weighted by molar-refractivity contribution is 6.05. The lowest BCUT2D eigenvalue weighted by molar-refractivity contribution is -0.328. The van der Waals surface area contributed by atoms with E-state index in [4.69, 9.17) is 15.2 Å². The summed E-state index contributed by atoms with van der Waals surface area (Å²) in [6.07, 6.45) is -1.08. The number of aliphatic hydroxyl groups is 3. The Kier molecular flexibility index (Phi) is 4.96. The molecule has 1 saturated heterocycles. The van der Waals surface area contributed by atoms with Crippen molar-refractivity contribution in [2.45, 2.75) is 43.9 Å². The van der Waals surface area contributed by atoms with Gasteiger partial charge in [0, 0.05) is 0 Å². The van der Waals surface area contributed by atoms with Gasteiger partial charge in [0.1, 0.15) is 0 Å². The third-order valence-corrected chi connectivity index (χ3v) is 4.63. The summed E-state index contributed by atoms with van der Waals surface area (Å²) in [6.45, 7) is 1.42. The number of aromatic amines is 1. The minimum atomic E-state index is -3.30. The molecule has 1 amide bonds. The Balaban J connectivity index is 2.63. The average Bonchev–Trinajstić information content (AvgIpc) is 3.03. The fourth-order valence-electron chi connectivity index (χ4n) is 3.01. The van der Waals surface area contributed by atoms with E-state index in [2.05, 4.69) is 9.97 Å². The highest BCUT2D eigenvalue weighted by Crippen LogP contribution is 2.44. The van der Waals surface area contributed by atoms with E-state index in [9.17, 15) is 34.5 Å². The molecule has 1 aliphatic rings. The fraction of sp³-hybridized carbons (Fsp3) is 0.533. The van der Waals surface area contributed by atoms with Gasteiger partial charge in [0.25, 0.3) is 5.91 Å². The zero-order valence-electron chi connectivity index (χ0n) is 14.7. The molecule has 0 bridgehead atoms. The molecule has 1 aromatic rings. The second kappa shape index (κ2) is 6.49. The number of Topliss-reactive ketones (excluding diaryl/α,β-unsaturated/α-hetero) is 3. The molecular weight excluding hydrogens is 366 g/mol. The Morgan fingerprint density at radius 1 is 1.19 bits per heavy atom. The van der Waals surface area contributed by atoms with Crippen molar-refractivity contribution in [3.05, 3.63) is 12.0 Å². The maximum absolute atomic E-state index is 12.2. The number of rotatable bonds is 6. The van der Waals surface area contributed by atoms with Crippen molar-refractivity contribution in [3.8, 4) is 5.88 Å². The first-order valence-electron chi connectivity index (χ1n) is 7.65. The van der Waals surface area contributed by atoms with Gasteiger partial charge in [-0.3, -0.25) is 19.2 Å². The number of primary amides is 1. The maximum Gasteiger partial charge on any atom is 0.270 e. The van der Waals surface area contributed by atoms with Gasteiger partial charge in [-0.05, 0) is 20.8 Å². The van der Waals surface area contributed by atoms with Gasteiger partial charge in [0.05, 0.1) is 12.9 Å². The molecule has 0 aromatic carbocycles. The summed E-state index contributed by atoms with van der Waals surface area (Å²) in [4.78, 5) is 53.7. The minimum Gasteiger partial charge on any atom is -0.442 e. The second-order valence-corrected chi connectivity index (χ2v) is 6.21. The van der Waals surface area contributed by atoms with E-state index in [-0.39, 0.29) is 5.69 Å². The molecule has 0 aliphatic carbocycles. The predicted molar refractivity (Wildman–Crippen MR) is 84.4 cm³/mol. The average molecular weight is 385 g/mol. The first kappa shape index (κ1) is 20.6. The molecule has 1 aliphatic heterocycles. The zero-order valence-corrected chi connectivity index (χ0v) is 14.7.